The zero-order valence-electron chi connectivity index (χ0n) is 11.3. The summed E-state index contributed by atoms with van der Waals surface area (Å²) in [6.07, 6.45) is 1.12. The molecule has 1 aliphatic rings. The molecule has 0 amide bonds. The molecule has 1 unspecified atom stereocenters. The van der Waals surface area contributed by atoms with Crippen molar-refractivity contribution >= 4 is 6.29 Å². The topological polar surface area (TPSA) is 17.1 Å². The highest BCUT2D eigenvalue weighted by molar-refractivity contribution is 5.72. The molecule has 1 saturated carbocycles. The number of carbonyl (C=O) groups is 1. The van der Waals surface area contributed by atoms with Crippen LogP contribution in [0, 0.1) is 11.3 Å². The molecule has 1 nitrogen and oxygen atoms in total. The van der Waals surface area contributed by atoms with Crippen LogP contribution >= 0.6 is 0 Å². The van der Waals surface area contributed by atoms with E-state index >= 15 is 0 Å². The van der Waals surface area contributed by atoms with E-state index in [0.717, 1.165) is 6.29 Å². The smallest absolute Gasteiger partial charge is 0.124 e. The Labute approximate surface area is 114 Å². The molecule has 1 aliphatic carbocycles. The summed E-state index contributed by atoms with van der Waals surface area (Å²) in [7, 11) is 0. The largest absolute Gasteiger partial charge is 0.303 e. The third kappa shape index (κ3) is 1.45. The molecule has 0 N–H and O–H groups in total. The van der Waals surface area contributed by atoms with Crippen LogP contribution in [0.1, 0.15) is 25.0 Å². The first kappa shape index (κ1) is 12.2. The molecule has 0 spiro atoms. The normalized spacial score (nSPS) is 22.7. The molecule has 0 aromatic heterocycles. The minimum absolute atomic E-state index is 0.0303. The highest BCUT2D eigenvalue weighted by atomic mass is 16.1. The van der Waals surface area contributed by atoms with Gasteiger partial charge in [-0.05, 0) is 16.5 Å². The Morgan fingerprint density at radius 2 is 1.26 bits per heavy atom. The van der Waals surface area contributed by atoms with E-state index < -0.39 is 0 Å². The lowest BCUT2D eigenvalue weighted by Crippen LogP contribution is -2.17. The van der Waals surface area contributed by atoms with Gasteiger partial charge < -0.3 is 4.79 Å². The standard InChI is InChI=1S/C18H18O/c1-17(2)16(13-19)18(17,14-9-5-3-6-10-14)15-11-7-4-8-12-15/h3-13,16H,1-2H3. The summed E-state index contributed by atoms with van der Waals surface area (Å²) in [4.78, 5) is 11.5. The second-order valence-corrected chi connectivity index (χ2v) is 5.88. The van der Waals surface area contributed by atoms with Crippen molar-refractivity contribution in [3.05, 3.63) is 71.8 Å². The van der Waals surface area contributed by atoms with Crippen LogP contribution in [0.5, 0.6) is 0 Å². The van der Waals surface area contributed by atoms with Crippen LogP contribution in [-0.4, -0.2) is 6.29 Å². The predicted molar refractivity (Wildman–Crippen MR) is 77.0 cm³/mol. The summed E-state index contributed by atoms with van der Waals surface area (Å²) in [5.74, 6) is 0.0461. The highest BCUT2D eigenvalue weighted by Crippen LogP contribution is 2.71. The van der Waals surface area contributed by atoms with Gasteiger partial charge in [0, 0.05) is 11.3 Å². The van der Waals surface area contributed by atoms with Gasteiger partial charge in [0.2, 0.25) is 0 Å². The van der Waals surface area contributed by atoms with Gasteiger partial charge in [0.1, 0.15) is 6.29 Å². The van der Waals surface area contributed by atoms with Crippen molar-refractivity contribution in [2.45, 2.75) is 19.3 Å². The first-order valence-corrected chi connectivity index (χ1v) is 6.72. The summed E-state index contributed by atoms with van der Waals surface area (Å²) >= 11 is 0. The predicted octanol–water partition coefficient (Wildman–Crippen LogP) is 3.83. The Hall–Kier alpha value is -1.89. The minimum atomic E-state index is -0.169. The summed E-state index contributed by atoms with van der Waals surface area (Å²) in [6, 6.07) is 20.8. The quantitative estimate of drug-likeness (QED) is 0.757. The van der Waals surface area contributed by atoms with Crippen molar-refractivity contribution in [2.75, 3.05) is 0 Å². The van der Waals surface area contributed by atoms with E-state index in [2.05, 4.69) is 62.4 Å². The molecule has 2 aromatic rings. The first-order valence-electron chi connectivity index (χ1n) is 6.72. The van der Waals surface area contributed by atoms with E-state index in [1.54, 1.807) is 0 Å². The molecular formula is C18H18O. The molecule has 0 saturated heterocycles. The van der Waals surface area contributed by atoms with E-state index in [1.807, 2.05) is 12.1 Å². The molecule has 1 fully saturated rings. The molecule has 0 heterocycles. The van der Waals surface area contributed by atoms with E-state index in [9.17, 15) is 4.79 Å². The second kappa shape index (κ2) is 4.06. The Bertz CT molecular complexity index is 544. The van der Waals surface area contributed by atoms with Crippen molar-refractivity contribution in [3.8, 4) is 0 Å². The van der Waals surface area contributed by atoms with E-state index in [1.165, 1.54) is 11.1 Å². The molecule has 1 atom stereocenters. The van der Waals surface area contributed by atoms with Crippen molar-refractivity contribution in [2.24, 2.45) is 11.3 Å². The summed E-state index contributed by atoms with van der Waals surface area (Å²) < 4.78 is 0. The number of benzene rings is 2. The molecule has 2 aromatic carbocycles. The van der Waals surface area contributed by atoms with Crippen molar-refractivity contribution in [1.29, 1.82) is 0 Å². The Morgan fingerprint density at radius 1 is 0.842 bits per heavy atom. The maximum absolute atomic E-state index is 11.5. The fourth-order valence-corrected chi connectivity index (χ4v) is 3.75. The number of aldehydes is 1. The molecule has 0 bridgehead atoms. The maximum atomic E-state index is 11.5. The number of hydrogen-bond acceptors (Lipinski definition) is 1. The van der Waals surface area contributed by atoms with Gasteiger partial charge in [0.15, 0.2) is 0 Å². The molecular weight excluding hydrogens is 232 g/mol. The van der Waals surface area contributed by atoms with Gasteiger partial charge in [0.25, 0.3) is 0 Å². The van der Waals surface area contributed by atoms with Crippen molar-refractivity contribution in [3.63, 3.8) is 0 Å². The van der Waals surface area contributed by atoms with Crippen molar-refractivity contribution in [1.82, 2.24) is 0 Å². The van der Waals surface area contributed by atoms with Crippen LogP contribution < -0.4 is 0 Å². The Kier molecular flexibility index (Phi) is 2.60. The molecule has 1 heteroatoms. The average molecular weight is 250 g/mol. The van der Waals surface area contributed by atoms with E-state index in [4.69, 9.17) is 0 Å². The minimum Gasteiger partial charge on any atom is -0.303 e. The van der Waals surface area contributed by atoms with Crippen LogP contribution in [0.4, 0.5) is 0 Å². The van der Waals surface area contributed by atoms with Crippen LogP contribution in [0.3, 0.4) is 0 Å². The lowest BCUT2D eigenvalue weighted by atomic mass is 9.81. The van der Waals surface area contributed by atoms with Crippen LogP contribution in [0.2, 0.25) is 0 Å². The zero-order valence-corrected chi connectivity index (χ0v) is 11.3. The Balaban J connectivity index is 2.23. The second-order valence-electron chi connectivity index (χ2n) is 5.88. The molecule has 3 rings (SSSR count). The summed E-state index contributed by atoms with van der Waals surface area (Å²) in [6.45, 7) is 4.37. The van der Waals surface area contributed by atoms with Gasteiger partial charge in [-0.3, -0.25) is 0 Å². The number of rotatable bonds is 3. The van der Waals surface area contributed by atoms with E-state index in [0.29, 0.717) is 0 Å². The van der Waals surface area contributed by atoms with Crippen LogP contribution in [0.15, 0.2) is 60.7 Å². The summed E-state index contributed by atoms with van der Waals surface area (Å²) in [5.41, 5.74) is 2.28. The average Bonchev–Trinajstić information content (AvgIpc) is 2.97. The third-order valence-electron chi connectivity index (χ3n) is 4.77. The van der Waals surface area contributed by atoms with Gasteiger partial charge in [-0.15, -0.1) is 0 Å². The SMILES string of the molecule is CC1(C)C(C=O)C1(c1ccccc1)c1ccccc1. The third-order valence-corrected chi connectivity index (χ3v) is 4.77. The number of carbonyl (C=O) groups excluding carboxylic acids is 1. The molecule has 96 valence electrons. The zero-order chi connectivity index (χ0) is 13.5. The van der Waals surface area contributed by atoms with Crippen LogP contribution in [-0.2, 0) is 10.2 Å². The molecule has 0 aliphatic heterocycles. The maximum Gasteiger partial charge on any atom is 0.124 e. The van der Waals surface area contributed by atoms with Gasteiger partial charge >= 0.3 is 0 Å². The van der Waals surface area contributed by atoms with Crippen molar-refractivity contribution < 1.29 is 4.79 Å². The van der Waals surface area contributed by atoms with Gasteiger partial charge in [-0.1, -0.05) is 74.5 Å². The lowest BCUT2D eigenvalue weighted by Gasteiger charge is -2.21. The van der Waals surface area contributed by atoms with Gasteiger partial charge in [-0.25, -0.2) is 0 Å². The Morgan fingerprint density at radius 3 is 1.58 bits per heavy atom. The summed E-state index contributed by atoms with van der Waals surface area (Å²) in [5, 5.41) is 0. The monoisotopic (exact) mass is 250 g/mol. The number of hydrogen-bond donors (Lipinski definition) is 0. The van der Waals surface area contributed by atoms with Gasteiger partial charge in [0.05, 0.1) is 0 Å². The van der Waals surface area contributed by atoms with E-state index in [-0.39, 0.29) is 16.7 Å². The fourth-order valence-electron chi connectivity index (χ4n) is 3.75. The lowest BCUT2D eigenvalue weighted by molar-refractivity contribution is -0.109. The first-order chi connectivity index (χ1) is 9.15. The highest BCUT2D eigenvalue weighted by Gasteiger charge is 2.72. The fraction of sp³-hybridized carbons (Fsp3) is 0.278. The molecule has 19 heavy (non-hydrogen) atoms. The van der Waals surface area contributed by atoms with Gasteiger partial charge in [-0.2, -0.15) is 0 Å². The molecule has 0 radical (unpaired) electrons. The van der Waals surface area contributed by atoms with Crippen LogP contribution in [0.25, 0.3) is 0 Å².